The van der Waals surface area contributed by atoms with E-state index in [2.05, 4.69) is 16.0 Å². The van der Waals surface area contributed by atoms with Crippen molar-refractivity contribution in [2.24, 2.45) is 0 Å². The summed E-state index contributed by atoms with van der Waals surface area (Å²) in [5.41, 5.74) is 4.19. The normalized spacial score (nSPS) is 21.6. The molecule has 3 heterocycles. The molecule has 3 aliphatic rings. The number of hydrogen-bond acceptors (Lipinski definition) is 7. The second-order valence-corrected chi connectivity index (χ2v) is 11.1. The number of hydrogen-bond donors (Lipinski definition) is 4. The first-order valence-corrected chi connectivity index (χ1v) is 14.5. The smallest absolute Gasteiger partial charge is 0.315 e. The Hall–Kier alpha value is -3.99. The van der Waals surface area contributed by atoms with E-state index in [-0.39, 0.29) is 24.6 Å². The van der Waals surface area contributed by atoms with E-state index in [0.29, 0.717) is 48.1 Å². The fraction of sp³-hybridized carbons (Fsp3) is 0.355. The number of aliphatic hydroxyl groups excluding tert-OH is 1. The lowest BCUT2D eigenvalue weighted by molar-refractivity contribution is -0.132. The predicted octanol–water partition coefficient (Wildman–Crippen LogP) is 4.16. The van der Waals surface area contributed by atoms with Crippen molar-refractivity contribution in [1.82, 2.24) is 15.6 Å². The van der Waals surface area contributed by atoms with Crippen molar-refractivity contribution in [3.8, 4) is 5.75 Å². The highest BCUT2D eigenvalue weighted by Crippen LogP contribution is 2.39. The number of urea groups is 1. The molecule has 2 bridgehead atoms. The van der Waals surface area contributed by atoms with Gasteiger partial charge in [0.15, 0.2) is 0 Å². The topological polar surface area (TPSA) is 115 Å². The van der Waals surface area contributed by atoms with Gasteiger partial charge in [-0.25, -0.2) is 4.79 Å². The van der Waals surface area contributed by atoms with Crippen molar-refractivity contribution in [3.05, 3.63) is 88.4 Å². The van der Waals surface area contributed by atoms with Gasteiger partial charge in [0, 0.05) is 43.4 Å². The standard InChI is InChI=1S/C31H34ClN5O5/c1-41-21-9-10-23(32)26(15-21)36-12-5-13-37(36)30(39)29(20-6-3-2-4-7-20)35-31(40)33-17-19-8-11-24-22(14-19)28-16-25(34-24)27(38)18-42-28/h2-4,6-11,14-15,25,27-29,34,38H,5,12-13,16-18H2,1H3,(H2,33,35,40)/t25-,27+,28+,29-/m0/s1. The lowest BCUT2D eigenvalue weighted by Gasteiger charge is -2.40. The summed E-state index contributed by atoms with van der Waals surface area (Å²) in [4.78, 5) is 27.2. The van der Waals surface area contributed by atoms with Gasteiger partial charge in [-0.15, -0.1) is 0 Å². The van der Waals surface area contributed by atoms with Crippen molar-refractivity contribution in [1.29, 1.82) is 0 Å². The molecule has 42 heavy (non-hydrogen) atoms. The van der Waals surface area contributed by atoms with E-state index < -0.39 is 18.2 Å². The number of halogens is 1. The van der Waals surface area contributed by atoms with Crippen molar-refractivity contribution < 1.29 is 24.2 Å². The molecule has 0 spiro atoms. The van der Waals surface area contributed by atoms with Crippen molar-refractivity contribution in [2.45, 2.75) is 43.7 Å². The molecule has 0 unspecified atom stereocenters. The van der Waals surface area contributed by atoms with Crippen molar-refractivity contribution >= 4 is 34.9 Å². The zero-order chi connectivity index (χ0) is 29.2. The average Bonchev–Trinajstić information content (AvgIpc) is 3.51. The van der Waals surface area contributed by atoms with Gasteiger partial charge < -0.3 is 30.5 Å². The SMILES string of the molecule is COc1ccc(Cl)c(N2CCCN2C(=O)[C@@H](NC(=O)NCc2ccc3c(c2)[C@H]2C[C@H](N3)[C@H](O)CO2)c2ccccc2)c1. The summed E-state index contributed by atoms with van der Waals surface area (Å²) in [6.07, 6.45) is 0.829. The van der Waals surface area contributed by atoms with E-state index in [4.69, 9.17) is 21.1 Å². The van der Waals surface area contributed by atoms with Crippen molar-refractivity contribution in [3.63, 3.8) is 0 Å². The summed E-state index contributed by atoms with van der Waals surface area (Å²) in [5.74, 6) is 0.370. The summed E-state index contributed by atoms with van der Waals surface area (Å²) >= 11 is 6.53. The molecule has 3 aromatic rings. The number of carbonyl (C=O) groups excluding carboxylic acids is 2. The van der Waals surface area contributed by atoms with Crippen LogP contribution in [0.1, 0.15) is 41.7 Å². The van der Waals surface area contributed by atoms with Crippen LogP contribution in [-0.4, -0.2) is 61.0 Å². The largest absolute Gasteiger partial charge is 0.497 e. The Balaban J connectivity index is 1.17. The van der Waals surface area contributed by atoms with Crippen LogP contribution in [0.4, 0.5) is 16.2 Å². The number of benzene rings is 3. The second kappa shape index (κ2) is 12.1. The molecule has 0 saturated carbocycles. The number of nitrogens with one attached hydrogen (secondary N) is 3. The molecular weight excluding hydrogens is 558 g/mol. The van der Waals surface area contributed by atoms with Gasteiger partial charge >= 0.3 is 6.03 Å². The minimum atomic E-state index is -0.914. The first-order chi connectivity index (χ1) is 20.4. The molecule has 0 radical (unpaired) electrons. The van der Waals surface area contributed by atoms with Crippen LogP contribution < -0.4 is 25.7 Å². The Morgan fingerprint density at radius 2 is 1.98 bits per heavy atom. The van der Waals surface area contributed by atoms with Crippen LogP contribution in [0.15, 0.2) is 66.7 Å². The van der Waals surface area contributed by atoms with Crippen LogP contribution in [-0.2, 0) is 16.1 Å². The number of anilines is 2. The van der Waals surface area contributed by atoms with Crippen LogP contribution in [0.3, 0.4) is 0 Å². The molecule has 11 heteroatoms. The second-order valence-electron chi connectivity index (χ2n) is 10.7. The number of fused-ring (bicyclic) bond motifs is 4. The van der Waals surface area contributed by atoms with Gasteiger partial charge in [0.05, 0.1) is 42.7 Å². The lowest BCUT2D eigenvalue weighted by atomic mass is 9.89. The first kappa shape index (κ1) is 28.1. The van der Waals surface area contributed by atoms with E-state index in [0.717, 1.165) is 23.2 Å². The molecule has 2 fully saturated rings. The van der Waals surface area contributed by atoms with Gasteiger partial charge in [0.25, 0.3) is 5.91 Å². The average molecular weight is 592 g/mol. The Kier molecular flexibility index (Phi) is 8.10. The van der Waals surface area contributed by atoms with Crippen LogP contribution >= 0.6 is 11.6 Å². The molecule has 0 aliphatic carbocycles. The molecule has 3 amide bonds. The fourth-order valence-electron chi connectivity index (χ4n) is 5.83. The van der Waals surface area contributed by atoms with E-state index in [1.165, 1.54) is 0 Å². The minimum absolute atomic E-state index is 0.0232. The highest BCUT2D eigenvalue weighted by Gasteiger charge is 2.37. The molecule has 6 rings (SSSR count). The zero-order valence-corrected chi connectivity index (χ0v) is 24.0. The van der Waals surface area contributed by atoms with Crippen LogP contribution in [0, 0.1) is 0 Å². The van der Waals surface area contributed by atoms with Crippen LogP contribution in [0.5, 0.6) is 5.75 Å². The first-order valence-electron chi connectivity index (χ1n) is 14.1. The molecule has 10 nitrogen and oxygen atoms in total. The number of aliphatic hydroxyl groups is 1. The zero-order valence-electron chi connectivity index (χ0n) is 23.3. The predicted molar refractivity (Wildman–Crippen MR) is 159 cm³/mol. The molecule has 3 aliphatic heterocycles. The van der Waals surface area contributed by atoms with E-state index >= 15 is 0 Å². The Bertz CT molecular complexity index is 1460. The molecule has 4 N–H and O–H groups in total. The molecule has 0 aromatic heterocycles. The summed E-state index contributed by atoms with van der Waals surface area (Å²) < 4.78 is 11.2. The number of ether oxygens (including phenoxy) is 2. The maximum Gasteiger partial charge on any atom is 0.315 e. The van der Waals surface area contributed by atoms with Gasteiger partial charge in [-0.2, -0.15) is 0 Å². The summed E-state index contributed by atoms with van der Waals surface area (Å²) in [6.45, 7) is 1.65. The maximum absolute atomic E-state index is 14.0. The van der Waals surface area contributed by atoms with E-state index in [1.54, 1.807) is 30.3 Å². The van der Waals surface area contributed by atoms with Gasteiger partial charge in [-0.1, -0.05) is 48.0 Å². The van der Waals surface area contributed by atoms with E-state index in [9.17, 15) is 14.7 Å². The lowest BCUT2D eigenvalue weighted by Crippen LogP contribution is -2.49. The maximum atomic E-state index is 14.0. The summed E-state index contributed by atoms with van der Waals surface area (Å²) in [5, 5.41) is 23.3. The number of methoxy groups -OCH3 is 1. The van der Waals surface area contributed by atoms with Gasteiger partial charge in [-0.05, 0) is 41.8 Å². The monoisotopic (exact) mass is 591 g/mol. The van der Waals surface area contributed by atoms with Crippen LogP contribution in [0.2, 0.25) is 5.02 Å². The fourth-order valence-corrected chi connectivity index (χ4v) is 6.05. The third kappa shape index (κ3) is 5.70. The number of carbonyl (C=O) groups is 2. The number of hydrazine groups is 1. The molecule has 2 saturated heterocycles. The Morgan fingerprint density at radius 1 is 1.14 bits per heavy atom. The highest BCUT2D eigenvalue weighted by atomic mass is 35.5. The van der Waals surface area contributed by atoms with Gasteiger partial charge in [-0.3, -0.25) is 14.8 Å². The molecule has 4 atom stereocenters. The highest BCUT2D eigenvalue weighted by molar-refractivity contribution is 6.33. The quantitative estimate of drug-likeness (QED) is 0.326. The number of rotatable bonds is 7. The number of amides is 3. The molecule has 220 valence electrons. The van der Waals surface area contributed by atoms with Gasteiger partial charge in [0.1, 0.15) is 11.8 Å². The molecule has 3 aromatic carbocycles. The van der Waals surface area contributed by atoms with E-state index in [1.807, 2.05) is 53.5 Å². The molecular formula is C31H34ClN5O5. The third-order valence-corrected chi connectivity index (χ3v) is 8.35. The van der Waals surface area contributed by atoms with Gasteiger partial charge in [0.2, 0.25) is 0 Å². The Morgan fingerprint density at radius 3 is 2.79 bits per heavy atom. The van der Waals surface area contributed by atoms with Crippen LogP contribution in [0.25, 0.3) is 0 Å². The minimum Gasteiger partial charge on any atom is -0.497 e. The van der Waals surface area contributed by atoms with Crippen molar-refractivity contribution in [2.75, 3.05) is 37.1 Å². The number of nitrogens with zero attached hydrogens (tertiary/aromatic N) is 2. The third-order valence-electron chi connectivity index (χ3n) is 8.03. The summed E-state index contributed by atoms with van der Waals surface area (Å²) in [6, 6.07) is 19.0. The summed E-state index contributed by atoms with van der Waals surface area (Å²) in [7, 11) is 1.58. The Labute approximate surface area is 249 Å².